The second-order valence-electron chi connectivity index (χ2n) is 5.52. The first-order valence-electron chi connectivity index (χ1n) is 8.09. The lowest BCUT2D eigenvalue weighted by molar-refractivity contribution is -0.927. The number of nitrogens with one attached hydrogen (secondary N) is 2. The molecular formula is C19H24BrN2O+. The van der Waals surface area contributed by atoms with Gasteiger partial charge in [0.15, 0.2) is 0 Å². The summed E-state index contributed by atoms with van der Waals surface area (Å²) in [5.74, 6) is -0.0371. The number of hydrogen-bond acceptors (Lipinski definition) is 1. The molecule has 0 bridgehead atoms. The summed E-state index contributed by atoms with van der Waals surface area (Å²) in [5, 5.41) is 3.10. The fourth-order valence-electron chi connectivity index (χ4n) is 2.86. The number of benzene rings is 2. The number of rotatable bonds is 7. The molecule has 1 amide bonds. The van der Waals surface area contributed by atoms with Crippen LogP contribution in [0.1, 0.15) is 35.8 Å². The molecule has 1 atom stereocenters. The van der Waals surface area contributed by atoms with Crippen molar-refractivity contribution in [3.8, 4) is 0 Å². The molecule has 0 aromatic heterocycles. The van der Waals surface area contributed by atoms with E-state index in [9.17, 15) is 4.79 Å². The van der Waals surface area contributed by atoms with Crippen molar-refractivity contribution < 1.29 is 9.69 Å². The predicted molar refractivity (Wildman–Crippen MR) is 97.7 cm³/mol. The minimum absolute atomic E-state index is 0.0371. The maximum atomic E-state index is 12.5. The molecule has 0 saturated carbocycles. The Bertz CT molecular complexity index is 626. The molecule has 2 aromatic carbocycles. The van der Waals surface area contributed by atoms with Crippen LogP contribution >= 0.6 is 15.9 Å². The van der Waals surface area contributed by atoms with Gasteiger partial charge in [0, 0.05) is 10.0 Å². The normalized spacial score (nSPS) is 12.2. The molecule has 2 rings (SSSR count). The third kappa shape index (κ3) is 4.66. The summed E-state index contributed by atoms with van der Waals surface area (Å²) in [5.41, 5.74) is 1.94. The fourth-order valence-corrected chi connectivity index (χ4v) is 3.33. The molecule has 4 heteroatoms. The third-order valence-corrected chi connectivity index (χ3v) is 4.88. The highest BCUT2D eigenvalue weighted by molar-refractivity contribution is 9.10. The number of likely N-dealkylation sites (N-methyl/N-ethyl adjacent to an activating group) is 1. The summed E-state index contributed by atoms with van der Waals surface area (Å²) in [6, 6.07) is 18.2. The number of halogens is 1. The van der Waals surface area contributed by atoms with Gasteiger partial charge in [0.25, 0.3) is 5.91 Å². The van der Waals surface area contributed by atoms with E-state index >= 15 is 0 Å². The molecule has 0 fully saturated rings. The summed E-state index contributed by atoms with van der Waals surface area (Å²) in [6.07, 6.45) is 0. The first-order chi connectivity index (χ1) is 11.2. The summed E-state index contributed by atoms with van der Waals surface area (Å²) in [4.78, 5) is 13.9. The van der Waals surface area contributed by atoms with Gasteiger partial charge < -0.3 is 10.2 Å². The first kappa shape index (κ1) is 17.7. The molecular weight excluding hydrogens is 352 g/mol. The number of quaternary nitrogens is 1. The van der Waals surface area contributed by atoms with E-state index in [0.717, 1.165) is 17.6 Å². The van der Waals surface area contributed by atoms with Crippen LogP contribution in [-0.4, -0.2) is 25.5 Å². The smallest absolute Gasteiger partial charge is 0.252 e. The highest BCUT2D eigenvalue weighted by Crippen LogP contribution is 2.16. The Morgan fingerprint density at radius 2 is 1.65 bits per heavy atom. The highest BCUT2D eigenvalue weighted by atomic mass is 79.9. The molecule has 2 aromatic rings. The molecule has 0 aliphatic carbocycles. The molecule has 0 spiro atoms. The molecule has 23 heavy (non-hydrogen) atoms. The van der Waals surface area contributed by atoms with Crippen LogP contribution in [0.4, 0.5) is 0 Å². The SMILES string of the molecule is CC[NH+](CC)[C@@H](CNC(=O)c1ccccc1Br)c1ccccc1. The molecule has 0 heterocycles. The van der Waals surface area contributed by atoms with Crippen molar-refractivity contribution in [1.82, 2.24) is 5.32 Å². The largest absolute Gasteiger partial charge is 0.346 e. The monoisotopic (exact) mass is 375 g/mol. The van der Waals surface area contributed by atoms with Crippen molar-refractivity contribution in [3.63, 3.8) is 0 Å². The quantitative estimate of drug-likeness (QED) is 0.766. The minimum atomic E-state index is -0.0371. The summed E-state index contributed by atoms with van der Waals surface area (Å²) < 4.78 is 0.823. The van der Waals surface area contributed by atoms with Crippen LogP contribution in [0.2, 0.25) is 0 Å². The molecule has 0 unspecified atom stereocenters. The maximum Gasteiger partial charge on any atom is 0.252 e. The van der Waals surface area contributed by atoms with E-state index in [-0.39, 0.29) is 11.9 Å². The van der Waals surface area contributed by atoms with E-state index in [4.69, 9.17) is 0 Å². The highest BCUT2D eigenvalue weighted by Gasteiger charge is 2.22. The fraction of sp³-hybridized carbons (Fsp3) is 0.316. The lowest BCUT2D eigenvalue weighted by Gasteiger charge is -2.27. The number of carbonyl (C=O) groups excluding carboxylic acids is 1. The van der Waals surface area contributed by atoms with Crippen molar-refractivity contribution >= 4 is 21.8 Å². The zero-order valence-corrected chi connectivity index (χ0v) is 15.3. The second-order valence-corrected chi connectivity index (χ2v) is 6.37. The van der Waals surface area contributed by atoms with Crippen LogP contribution < -0.4 is 10.2 Å². The molecule has 3 nitrogen and oxygen atoms in total. The van der Waals surface area contributed by atoms with Gasteiger partial charge in [0.05, 0.1) is 25.2 Å². The molecule has 122 valence electrons. The van der Waals surface area contributed by atoms with Crippen LogP contribution in [0.25, 0.3) is 0 Å². The van der Waals surface area contributed by atoms with Crippen LogP contribution in [0.15, 0.2) is 59.1 Å². The molecule has 0 saturated heterocycles. The van der Waals surface area contributed by atoms with Gasteiger partial charge in [-0.15, -0.1) is 0 Å². The van der Waals surface area contributed by atoms with Crippen LogP contribution in [0.3, 0.4) is 0 Å². The second kappa shape index (κ2) is 8.85. The number of carbonyl (C=O) groups is 1. The van der Waals surface area contributed by atoms with E-state index in [1.807, 2.05) is 30.3 Å². The van der Waals surface area contributed by atoms with Crippen LogP contribution in [-0.2, 0) is 0 Å². The standard InChI is InChI=1S/C19H23BrN2O/c1-3-22(4-2)18(15-10-6-5-7-11-15)14-21-19(23)16-12-8-9-13-17(16)20/h5-13,18H,3-4,14H2,1-2H3,(H,21,23)/p+1/t18-/m0/s1. The van der Waals surface area contributed by atoms with Crippen molar-refractivity contribution in [2.45, 2.75) is 19.9 Å². The van der Waals surface area contributed by atoms with Gasteiger partial charge in [-0.3, -0.25) is 4.79 Å². The third-order valence-electron chi connectivity index (χ3n) is 4.19. The van der Waals surface area contributed by atoms with Crippen molar-refractivity contribution in [1.29, 1.82) is 0 Å². The van der Waals surface area contributed by atoms with Crippen molar-refractivity contribution in [3.05, 3.63) is 70.2 Å². The summed E-state index contributed by atoms with van der Waals surface area (Å²) >= 11 is 3.44. The Hall–Kier alpha value is -1.65. The lowest BCUT2D eigenvalue weighted by Crippen LogP contribution is -3.12. The van der Waals surface area contributed by atoms with E-state index in [2.05, 4.69) is 59.4 Å². The van der Waals surface area contributed by atoms with Gasteiger partial charge in [-0.25, -0.2) is 0 Å². The van der Waals surface area contributed by atoms with Crippen molar-refractivity contribution in [2.24, 2.45) is 0 Å². The van der Waals surface area contributed by atoms with Crippen molar-refractivity contribution in [2.75, 3.05) is 19.6 Å². The number of hydrogen-bond donors (Lipinski definition) is 2. The van der Waals surface area contributed by atoms with Crippen LogP contribution in [0.5, 0.6) is 0 Å². The van der Waals surface area contributed by atoms with Gasteiger partial charge in [0.1, 0.15) is 6.04 Å². The van der Waals surface area contributed by atoms with Gasteiger partial charge in [-0.2, -0.15) is 0 Å². The Morgan fingerprint density at radius 1 is 1.04 bits per heavy atom. The molecule has 0 aliphatic rings. The average molecular weight is 376 g/mol. The maximum absolute atomic E-state index is 12.5. The topological polar surface area (TPSA) is 33.5 Å². The Morgan fingerprint density at radius 3 is 2.26 bits per heavy atom. The molecule has 2 N–H and O–H groups in total. The van der Waals surface area contributed by atoms with Gasteiger partial charge in [-0.05, 0) is 41.9 Å². The van der Waals surface area contributed by atoms with Gasteiger partial charge in [0.2, 0.25) is 0 Å². The lowest BCUT2D eigenvalue weighted by atomic mass is 10.0. The van der Waals surface area contributed by atoms with E-state index < -0.39 is 0 Å². The Labute approximate surface area is 146 Å². The van der Waals surface area contributed by atoms with Gasteiger partial charge >= 0.3 is 0 Å². The Kier molecular flexibility index (Phi) is 6.81. The molecule has 0 radical (unpaired) electrons. The zero-order valence-electron chi connectivity index (χ0n) is 13.7. The van der Waals surface area contributed by atoms with E-state index in [0.29, 0.717) is 12.1 Å². The average Bonchev–Trinajstić information content (AvgIpc) is 2.59. The van der Waals surface area contributed by atoms with Crippen LogP contribution in [0, 0.1) is 0 Å². The van der Waals surface area contributed by atoms with E-state index in [1.165, 1.54) is 10.5 Å². The minimum Gasteiger partial charge on any atom is -0.346 e. The molecule has 0 aliphatic heterocycles. The van der Waals surface area contributed by atoms with Gasteiger partial charge in [-0.1, -0.05) is 42.5 Å². The number of amides is 1. The Balaban J connectivity index is 2.12. The predicted octanol–water partition coefficient (Wildman–Crippen LogP) is 2.84. The first-order valence-corrected chi connectivity index (χ1v) is 8.88. The van der Waals surface area contributed by atoms with E-state index in [1.54, 1.807) is 0 Å². The summed E-state index contributed by atoms with van der Waals surface area (Å²) in [6.45, 7) is 7.05. The zero-order chi connectivity index (χ0) is 16.7. The summed E-state index contributed by atoms with van der Waals surface area (Å²) in [7, 11) is 0.